The Morgan fingerprint density at radius 2 is 1.92 bits per heavy atom. The lowest BCUT2D eigenvalue weighted by atomic mass is 10.1. The zero-order chi connectivity index (χ0) is 17.3. The number of fused-ring (bicyclic) bond motifs is 1. The fourth-order valence-corrected chi connectivity index (χ4v) is 3.91. The molecule has 124 valence electrons. The van der Waals surface area contributed by atoms with Crippen LogP contribution in [0.15, 0.2) is 47.3 Å². The predicted molar refractivity (Wildman–Crippen MR) is 100.0 cm³/mol. The number of nitrogens with one attached hydrogen (secondary N) is 1. The van der Waals surface area contributed by atoms with Crippen LogP contribution in [0.2, 0.25) is 0 Å². The van der Waals surface area contributed by atoms with Crippen LogP contribution in [0, 0.1) is 13.8 Å². The molecular formula is C19H20N2O2S. The number of aromatic nitrogens is 1. The van der Waals surface area contributed by atoms with Crippen LogP contribution in [0.5, 0.6) is 0 Å². The van der Waals surface area contributed by atoms with Crippen LogP contribution >= 0.6 is 11.5 Å². The molecule has 1 unspecified atom stereocenters. The van der Waals surface area contributed by atoms with E-state index < -0.39 is 6.04 Å². The van der Waals surface area contributed by atoms with E-state index in [9.17, 15) is 9.59 Å². The Labute approximate surface area is 144 Å². The standard InChI is InChI=1S/C19H20N2O2S/c1-4-16(18(22)20-15-10-7-8-12(2)13(15)3)21-19(23)14-9-5-6-11-17(14)24-21/h5-11,16H,4H2,1-3H3,(H,20,22). The van der Waals surface area contributed by atoms with E-state index in [0.29, 0.717) is 11.8 Å². The highest BCUT2D eigenvalue weighted by molar-refractivity contribution is 7.14. The average molecular weight is 340 g/mol. The van der Waals surface area contributed by atoms with Gasteiger partial charge in [-0.15, -0.1) is 0 Å². The van der Waals surface area contributed by atoms with Crippen molar-refractivity contribution in [2.45, 2.75) is 33.2 Å². The number of aryl methyl sites for hydroxylation is 1. The van der Waals surface area contributed by atoms with Crippen LogP contribution in [0.1, 0.15) is 30.5 Å². The summed E-state index contributed by atoms with van der Waals surface area (Å²) >= 11 is 1.35. The normalized spacial score (nSPS) is 12.3. The molecule has 1 atom stereocenters. The van der Waals surface area contributed by atoms with Crippen LogP contribution in [0.25, 0.3) is 10.1 Å². The summed E-state index contributed by atoms with van der Waals surface area (Å²) in [6, 6.07) is 12.8. The molecule has 1 heterocycles. The summed E-state index contributed by atoms with van der Waals surface area (Å²) in [4.78, 5) is 25.4. The summed E-state index contributed by atoms with van der Waals surface area (Å²) in [5.41, 5.74) is 2.87. The van der Waals surface area contributed by atoms with Crippen LogP contribution in [0.4, 0.5) is 5.69 Å². The lowest BCUT2D eigenvalue weighted by Crippen LogP contribution is -2.30. The number of amides is 1. The van der Waals surface area contributed by atoms with Gasteiger partial charge in [-0.3, -0.25) is 13.5 Å². The van der Waals surface area contributed by atoms with Crippen molar-refractivity contribution in [1.29, 1.82) is 0 Å². The van der Waals surface area contributed by atoms with Crippen LogP contribution in [0.3, 0.4) is 0 Å². The van der Waals surface area contributed by atoms with E-state index in [0.717, 1.165) is 21.5 Å². The van der Waals surface area contributed by atoms with Crippen molar-refractivity contribution in [1.82, 2.24) is 3.96 Å². The minimum Gasteiger partial charge on any atom is -0.324 e. The number of carbonyl (C=O) groups excluding carboxylic acids is 1. The molecule has 0 aliphatic rings. The third kappa shape index (κ3) is 2.87. The Kier molecular flexibility index (Phi) is 4.53. The molecule has 0 saturated carbocycles. The van der Waals surface area contributed by atoms with Crippen molar-refractivity contribution in [3.63, 3.8) is 0 Å². The Balaban J connectivity index is 1.95. The van der Waals surface area contributed by atoms with E-state index in [1.807, 2.05) is 57.2 Å². The number of carbonyl (C=O) groups is 1. The second-order valence-electron chi connectivity index (χ2n) is 5.88. The van der Waals surface area contributed by atoms with E-state index in [4.69, 9.17) is 0 Å². The topological polar surface area (TPSA) is 51.1 Å². The number of hydrogen-bond acceptors (Lipinski definition) is 3. The van der Waals surface area contributed by atoms with Crippen LogP contribution < -0.4 is 10.9 Å². The molecule has 0 aliphatic heterocycles. The van der Waals surface area contributed by atoms with Gasteiger partial charge in [0.25, 0.3) is 5.56 Å². The van der Waals surface area contributed by atoms with Crippen LogP contribution in [-0.4, -0.2) is 9.86 Å². The summed E-state index contributed by atoms with van der Waals surface area (Å²) < 4.78 is 2.49. The van der Waals surface area contributed by atoms with Gasteiger partial charge in [0.15, 0.2) is 0 Å². The number of nitrogens with zero attached hydrogens (tertiary/aromatic N) is 1. The van der Waals surface area contributed by atoms with Crippen molar-refractivity contribution in [2.24, 2.45) is 0 Å². The first-order chi connectivity index (χ1) is 11.5. The van der Waals surface area contributed by atoms with Gasteiger partial charge in [0.05, 0.1) is 10.1 Å². The molecule has 1 amide bonds. The molecular weight excluding hydrogens is 320 g/mol. The van der Waals surface area contributed by atoms with Crippen LogP contribution in [-0.2, 0) is 4.79 Å². The molecule has 4 nitrogen and oxygen atoms in total. The fraction of sp³-hybridized carbons (Fsp3) is 0.263. The first-order valence-electron chi connectivity index (χ1n) is 8.00. The maximum Gasteiger partial charge on any atom is 0.269 e. The number of rotatable bonds is 4. The summed E-state index contributed by atoms with van der Waals surface area (Å²) in [5, 5.41) is 3.65. The van der Waals surface area contributed by atoms with Crippen molar-refractivity contribution in [3.8, 4) is 0 Å². The number of hydrogen-bond donors (Lipinski definition) is 1. The van der Waals surface area contributed by atoms with Crippen molar-refractivity contribution >= 4 is 33.2 Å². The maximum atomic E-state index is 12.8. The van der Waals surface area contributed by atoms with E-state index in [-0.39, 0.29) is 11.5 Å². The first kappa shape index (κ1) is 16.5. The maximum absolute atomic E-state index is 12.8. The summed E-state index contributed by atoms with van der Waals surface area (Å²) in [6.07, 6.45) is 0.559. The van der Waals surface area contributed by atoms with Gasteiger partial charge in [-0.1, -0.05) is 42.7 Å². The summed E-state index contributed by atoms with van der Waals surface area (Å²) in [5.74, 6) is -0.153. The molecule has 0 fully saturated rings. The smallest absolute Gasteiger partial charge is 0.269 e. The van der Waals surface area contributed by atoms with E-state index in [2.05, 4.69) is 5.32 Å². The minimum atomic E-state index is -0.505. The molecule has 0 aliphatic carbocycles. The predicted octanol–water partition coefficient (Wildman–Crippen LogP) is 4.27. The molecule has 2 aromatic carbocycles. The van der Waals surface area contributed by atoms with Gasteiger partial charge in [-0.25, -0.2) is 0 Å². The van der Waals surface area contributed by atoms with Gasteiger partial charge in [-0.05, 0) is 49.6 Å². The summed E-state index contributed by atoms with van der Waals surface area (Å²) in [7, 11) is 0. The highest BCUT2D eigenvalue weighted by atomic mass is 32.1. The Morgan fingerprint density at radius 1 is 1.17 bits per heavy atom. The van der Waals surface area contributed by atoms with Crippen molar-refractivity contribution in [3.05, 3.63) is 63.9 Å². The molecule has 1 N–H and O–H groups in total. The van der Waals surface area contributed by atoms with Crippen molar-refractivity contribution < 1.29 is 4.79 Å². The molecule has 0 bridgehead atoms. The zero-order valence-corrected chi connectivity index (χ0v) is 14.8. The molecule has 0 radical (unpaired) electrons. The van der Waals surface area contributed by atoms with Gasteiger partial charge >= 0.3 is 0 Å². The minimum absolute atomic E-state index is 0.0986. The monoisotopic (exact) mass is 340 g/mol. The quantitative estimate of drug-likeness (QED) is 0.771. The van der Waals surface area contributed by atoms with Gasteiger partial charge in [0, 0.05) is 5.69 Å². The molecule has 0 saturated heterocycles. The molecule has 3 aromatic rings. The lowest BCUT2D eigenvalue weighted by Gasteiger charge is -2.17. The molecule has 1 aromatic heterocycles. The van der Waals surface area contributed by atoms with Crippen molar-refractivity contribution in [2.75, 3.05) is 5.32 Å². The second-order valence-corrected chi connectivity index (χ2v) is 6.89. The Bertz CT molecular complexity index is 955. The molecule has 24 heavy (non-hydrogen) atoms. The summed E-state index contributed by atoms with van der Waals surface area (Å²) in [6.45, 7) is 5.92. The Morgan fingerprint density at radius 3 is 2.62 bits per heavy atom. The largest absolute Gasteiger partial charge is 0.324 e. The first-order valence-corrected chi connectivity index (χ1v) is 8.78. The van der Waals surface area contributed by atoms with Gasteiger partial charge in [-0.2, -0.15) is 0 Å². The molecule has 0 spiro atoms. The zero-order valence-electron chi connectivity index (χ0n) is 14.0. The SMILES string of the molecule is CCC(C(=O)Nc1cccc(C)c1C)n1sc2ccccc2c1=O. The number of anilines is 1. The molecule has 5 heteroatoms. The average Bonchev–Trinajstić information content (AvgIpc) is 2.90. The van der Waals surface area contributed by atoms with Gasteiger partial charge < -0.3 is 5.32 Å². The highest BCUT2D eigenvalue weighted by Crippen LogP contribution is 2.24. The fourth-order valence-electron chi connectivity index (χ4n) is 2.75. The van der Waals surface area contributed by atoms with E-state index >= 15 is 0 Å². The third-order valence-corrected chi connectivity index (χ3v) is 5.52. The van der Waals surface area contributed by atoms with Gasteiger partial charge in [0.2, 0.25) is 5.91 Å². The second kappa shape index (κ2) is 6.61. The van der Waals surface area contributed by atoms with E-state index in [1.165, 1.54) is 11.5 Å². The lowest BCUT2D eigenvalue weighted by molar-refractivity contribution is -0.119. The third-order valence-electron chi connectivity index (χ3n) is 4.35. The molecule has 3 rings (SSSR count). The number of benzene rings is 2. The Hall–Kier alpha value is -2.40. The van der Waals surface area contributed by atoms with E-state index in [1.54, 1.807) is 10.0 Å². The van der Waals surface area contributed by atoms with Gasteiger partial charge in [0.1, 0.15) is 6.04 Å². The highest BCUT2D eigenvalue weighted by Gasteiger charge is 2.23.